The van der Waals surface area contributed by atoms with E-state index in [0.717, 1.165) is 0 Å². The first kappa shape index (κ1) is 22.9. The third-order valence-corrected chi connectivity index (χ3v) is 5.81. The Balaban J connectivity index is 0.00000529. The molecule has 1 rings (SSSR count). The van der Waals surface area contributed by atoms with Crippen molar-refractivity contribution in [3.63, 3.8) is 0 Å². The molecular weight excluding hydrogens is 378 g/mol. The van der Waals surface area contributed by atoms with Crippen LogP contribution in [0.25, 0.3) is 0 Å². The number of benzene rings is 1. The van der Waals surface area contributed by atoms with Crippen LogP contribution >= 0.6 is 12.4 Å². The molecule has 0 aliphatic heterocycles. The number of rotatable bonds is 10. The SMILES string of the molecule is CCS(=O)(=O)Nc1ccc(S(=O)(=O)NCCCNC)c(OC)c1.Cl. The number of halogens is 1. The summed E-state index contributed by atoms with van der Waals surface area (Å²) in [4.78, 5) is -0.0381. The number of methoxy groups -OCH3 is 1. The van der Waals surface area contributed by atoms with E-state index in [4.69, 9.17) is 4.74 Å². The van der Waals surface area contributed by atoms with Crippen molar-refractivity contribution in [3.05, 3.63) is 18.2 Å². The molecule has 0 atom stereocenters. The van der Waals surface area contributed by atoms with Crippen molar-refractivity contribution in [2.45, 2.75) is 18.2 Å². The summed E-state index contributed by atoms with van der Waals surface area (Å²) >= 11 is 0. The molecule has 0 aliphatic rings. The molecule has 11 heteroatoms. The second-order valence-electron chi connectivity index (χ2n) is 4.73. The van der Waals surface area contributed by atoms with Gasteiger partial charge in [0.15, 0.2) is 0 Å². The number of hydrogen-bond acceptors (Lipinski definition) is 6. The molecule has 0 heterocycles. The molecule has 3 N–H and O–H groups in total. The van der Waals surface area contributed by atoms with Crippen molar-refractivity contribution in [2.24, 2.45) is 0 Å². The van der Waals surface area contributed by atoms with Crippen LogP contribution in [0.3, 0.4) is 0 Å². The van der Waals surface area contributed by atoms with Crippen LogP contribution in [0.4, 0.5) is 5.69 Å². The van der Waals surface area contributed by atoms with Gasteiger partial charge < -0.3 is 10.1 Å². The van der Waals surface area contributed by atoms with Gasteiger partial charge in [0.05, 0.1) is 18.6 Å². The van der Waals surface area contributed by atoms with Gasteiger partial charge in [-0.25, -0.2) is 21.6 Å². The summed E-state index contributed by atoms with van der Waals surface area (Å²) in [6, 6.07) is 4.04. The van der Waals surface area contributed by atoms with Crippen molar-refractivity contribution in [1.82, 2.24) is 10.0 Å². The Labute approximate surface area is 149 Å². The molecule has 0 radical (unpaired) electrons. The van der Waals surface area contributed by atoms with E-state index in [1.165, 1.54) is 32.2 Å². The van der Waals surface area contributed by atoms with E-state index in [1.807, 2.05) is 0 Å². The third-order valence-electron chi connectivity index (χ3n) is 3.00. The van der Waals surface area contributed by atoms with E-state index in [-0.39, 0.29) is 41.0 Å². The molecule has 0 saturated heterocycles. The Bertz CT molecular complexity index is 723. The van der Waals surface area contributed by atoms with Crippen molar-refractivity contribution in [1.29, 1.82) is 0 Å². The predicted octanol–water partition coefficient (Wildman–Crippen LogP) is 0.766. The molecule has 0 saturated carbocycles. The average Bonchev–Trinajstić information content (AvgIpc) is 2.51. The maximum absolute atomic E-state index is 12.3. The fraction of sp³-hybridized carbons (Fsp3) is 0.538. The zero-order valence-corrected chi connectivity index (χ0v) is 16.3. The van der Waals surface area contributed by atoms with Crippen LogP contribution in [-0.4, -0.2) is 49.8 Å². The van der Waals surface area contributed by atoms with Gasteiger partial charge in [0.1, 0.15) is 10.6 Å². The molecule has 0 unspecified atom stereocenters. The Morgan fingerprint density at radius 3 is 2.33 bits per heavy atom. The minimum Gasteiger partial charge on any atom is -0.495 e. The summed E-state index contributed by atoms with van der Waals surface area (Å²) in [7, 11) is -4.06. The van der Waals surface area contributed by atoms with Crippen LogP contribution in [0, 0.1) is 0 Å². The van der Waals surface area contributed by atoms with Crippen molar-refractivity contribution < 1.29 is 21.6 Å². The first-order chi connectivity index (χ1) is 10.8. The summed E-state index contributed by atoms with van der Waals surface area (Å²) in [5.74, 6) is -0.00928. The van der Waals surface area contributed by atoms with Crippen LogP contribution < -0.4 is 19.5 Å². The highest BCUT2D eigenvalue weighted by Gasteiger charge is 2.20. The molecule has 0 aliphatic carbocycles. The zero-order chi connectivity index (χ0) is 17.5. The third kappa shape index (κ3) is 6.81. The smallest absolute Gasteiger partial charge is 0.244 e. The van der Waals surface area contributed by atoms with Gasteiger partial charge in [0.2, 0.25) is 20.0 Å². The Morgan fingerprint density at radius 1 is 1.12 bits per heavy atom. The van der Waals surface area contributed by atoms with Crippen molar-refractivity contribution >= 4 is 38.1 Å². The largest absolute Gasteiger partial charge is 0.495 e. The van der Waals surface area contributed by atoms with Crippen LogP contribution in [0.2, 0.25) is 0 Å². The molecule has 0 aromatic heterocycles. The lowest BCUT2D eigenvalue weighted by atomic mass is 10.3. The molecule has 1 aromatic rings. The number of anilines is 1. The minimum absolute atomic E-state index is 0. The molecule has 0 spiro atoms. The molecule has 24 heavy (non-hydrogen) atoms. The summed E-state index contributed by atoms with van der Waals surface area (Å²) < 4.78 is 57.6. The van der Waals surface area contributed by atoms with Crippen LogP contribution in [-0.2, 0) is 20.0 Å². The molecule has 1 aromatic carbocycles. The summed E-state index contributed by atoms with van der Waals surface area (Å²) in [6.07, 6.45) is 0.645. The molecule has 0 amide bonds. The molecule has 140 valence electrons. The van der Waals surface area contributed by atoms with E-state index in [9.17, 15) is 16.8 Å². The highest BCUT2D eigenvalue weighted by Crippen LogP contribution is 2.27. The van der Waals surface area contributed by atoms with Gasteiger partial charge in [-0.2, -0.15) is 0 Å². The van der Waals surface area contributed by atoms with Crippen LogP contribution in [0.15, 0.2) is 23.1 Å². The summed E-state index contributed by atoms with van der Waals surface area (Å²) in [6.45, 7) is 2.49. The van der Waals surface area contributed by atoms with Gasteiger partial charge in [-0.05, 0) is 39.1 Å². The van der Waals surface area contributed by atoms with Gasteiger partial charge >= 0.3 is 0 Å². The van der Waals surface area contributed by atoms with Crippen molar-refractivity contribution in [3.8, 4) is 5.75 Å². The molecule has 0 bridgehead atoms. The lowest BCUT2D eigenvalue weighted by molar-refractivity contribution is 0.402. The average molecular weight is 402 g/mol. The van der Waals surface area contributed by atoms with E-state index < -0.39 is 20.0 Å². The van der Waals surface area contributed by atoms with Crippen LogP contribution in [0.1, 0.15) is 13.3 Å². The number of nitrogens with one attached hydrogen (secondary N) is 3. The summed E-state index contributed by atoms with van der Waals surface area (Å²) in [5, 5.41) is 2.93. The van der Waals surface area contributed by atoms with E-state index >= 15 is 0 Å². The molecule has 0 fully saturated rings. The highest BCUT2D eigenvalue weighted by molar-refractivity contribution is 7.92. The molecular formula is C13H24ClN3O5S2. The molecule has 8 nitrogen and oxygen atoms in total. The van der Waals surface area contributed by atoms with Crippen LogP contribution in [0.5, 0.6) is 5.75 Å². The highest BCUT2D eigenvalue weighted by atomic mass is 35.5. The van der Waals surface area contributed by atoms with Gasteiger partial charge in [0.25, 0.3) is 0 Å². The number of ether oxygens (including phenoxy) is 1. The van der Waals surface area contributed by atoms with E-state index in [1.54, 1.807) is 7.05 Å². The maximum atomic E-state index is 12.3. The minimum atomic E-state index is -3.73. The monoisotopic (exact) mass is 401 g/mol. The zero-order valence-electron chi connectivity index (χ0n) is 13.8. The topological polar surface area (TPSA) is 114 Å². The summed E-state index contributed by atoms with van der Waals surface area (Å²) in [5.41, 5.74) is 0.248. The van der Waals surface area contributed by atoms with Gasteiger partial charge in [0, 0.05) is 12.6 Å². The lowest BCUT2D eigenvalue weighted by Crippen LogP contribution is -2.27. The number of sulfonamides is 2. The quantitative estimate of drug-likeness (QED) is 0.499. The Kier molecular flexibility index (Phi) is 9.59. The first-order valence-electron chi connectivity index (χ1n) is 7.08. The fourth-order valence-electron chi connectivity index (χ4n) is 1.75. The number of hydrogen-bond donors (Lipinski definition) is 3. The fourth-order valence-corrected chi connectivity index (χ4v) is 3.61. The van der Waals surface area contributed by atoms with Gasteiger partial charge in [-0.1, -0.05) is 0 Å². The normalized spacial score (nSPS) is 11.6. The van der Waals surface area contributed by atoms with E-state index in [0.29, 0.717) is 13.0 Å². The Morgan fingerprint density at radius 2 is 1.79 bits per heavy atom. The van der Waals surface area contributed by atoms with Gasteiger partial charge in [-0.15, -0.1) is 12.4 Å². The van der Waals surface area contributed by atoms with Crippen molar-refractivity contribution in [2.75, 3.05) is 37.7 Å². The lowest BCUT2D eigenvalue weighted by Gasteiger charge is -2.13. The first-order valence-corrected chi connectivity index (χ1v) is 10.2. The second kappa shape index (κ2) is 10.0. The van der Waals surface area contributed by atoms with E-state index in [2.05, 4.69) is 14.8 Å². The maximum Gasteiger partial charge on any atom is 0.244 e. The van der Waals surface area contributed by atoms with Gasteiger partial charge in [-0.3, -0.25) is 4.72 Å². The Hall–Kier alpha value is -1.07. The second-order valence-corrected chi connectivity index (χ2v) is 8.47. The standard InChI is InChI=1S/C13H23N3O5S2.ClH/c1-4-22(17,18)16-11-6-7-13(12(10-11)21-3)23(19,20)15-9-5-8-14-2;/h6-7,10,14-16H,4-5,8-9H2,1-3H3;1H. The predicted molar refractivity (Wildman–Crippen MR) is 97.1 cm³/mol.